The van der Waals surface area contributed by atoms with Crippen molar-refractivity contribution >= 4 is 35.1 Å². The van der Waals surface area contributed by atoms with Crippen molar-refractivity contribution in [3.8, 4) is 0 Å². The monoisotopic (exact) mass is 734 g/mol. The molecular weight excluding hydrogens is 680 g/mol. The van der Waals surface area contributed by atoms with E-state index < -0.39 is 98.4 Å². The molecule has 0 aromatic heterocycles. The highest BCUT2D eigenvalue weighted by Crippen LogP contribution is 2.76. The van der Waals surface area contributed by atoms with Gasteiger partial charge in [0.25, 0.3) is 0 Å². The number of rotatable bonds is 8. The number of ketones is 2. The van der Waals surface area contributed by atoms with Crippen molar-refractivity contribution in [2.45, 2.75) is 142 Å². The minimum absolute atomic E-state index is 0.0635. The van der Waals surface area contributed by atoms with Crippen LogP contribution in [0.15, 0.2) is 24.3 Å². The standard InChI is InChI=1S/C39H55ClO11/c1-20(41)50-33(2,3)14-13-27(44)38(9,49)30-24(43)18-35(6)25-17-28(45)39(51-32(48)21-11-10-12-22(40)15-21)26(16-23(42)31(47)34(39,4)5)37(25,8)29(46)19-36(30,35)7/h10-12,15,23-26,28,30-31,42-43,45,47,49H,13-14,16-19H2,1-9H3/t23-,24+,25-,26-,28+,30-,31+,35-,36+,37+,38-,39+/m0/s1. The molecule has 0 radical (unpaired) electrons. The Balaban J connectivity index is 1.57. The predicted molar refractivity (Wildman–Crippen MR) is 186 cm³/mol. The molecule has 4 aliphatic carbocycles. The van der Waals surface area contributed by atoms with Crippen molar-refractivity contribution < 1.29 is 54.2 Å². The maximum atomic E-state index is 15.0. The quantitative estimate of drug-likeness (QED) is 0.241. The van der Waals surface area contributed by atoms with Crippen LogP contribution in [0.25, 0.3) is 0 Å². The highest BCUT2D eigenvalue weighted by atomic mass is 35.5. The van der Waals surface area contributed by atoms with E-state index in [-0.39, 0.29) is 49.9 Å². The molecule has 4 fully saturated rings. The normalized spacial score (nSPS) is 41.4. The molecule has 0 heterocycles. The Kier molecular flexibility index (Phi) is 9.82. The summed E-state index contributed by atoms with van der Waals surface area (Å²) in [6.07, 6.45) is -5.62. The van der Waals surface area contributed by atoms with E-state index >= 15 is 0 Å². The predicted octanol–water partition coefficient (Wildman–Crippen LogP) is 4.20. The van der Waals surface area contributed by atoms with Crippen LogP contribution in [0.4, 0.5) is 0 Å². The van der Waals surface area contributed by atoms with E-state index in [9.17, 15) is 44.7 Å². The van der Waals surface area contributed by atoms with Crippen molar-refractivity contribution in [2.75, 3.05) is 0 Å². The number of hydrogen-bond donors (Lipinski definition) is 5. The zero-order valence-corrected chi connectivity index (χ0v) is 31.9. The van der Waals surface area contributed by atoms with Crippen LogP contribution in [0.3, 0.4) is 0 Å². The molecule has 12 atom stereocenters. The van der Waals surface area contributed by atoms with Gasteiger partial charge in [-0.25, -0.2) is 4.79 Å². The van der Waals surface area contributed by atoms with Crippen molar-refractivity contribution in [3.63, 3.8) is 0 Å². The smallest absolute Gasteiger partial charge is 0.338 e. The van der Waals surface area contributed by atoms with Crippen LogP contribution >= 0.6 is 11.6 Å². The third-order valence-electron chi connectivity index (χ3n) is 14.3. The molecule has 4 saturated carbocycles. The van der Waals surface area contributed by atoms with E-state index in [2.05, 4.69) is 0 Å². The SMILES string of the molecule is CC(=O)OC(C)(C)CCC(=O)[C@](C)(O)[C@H]1[C@H](O)C[C@@]2(C)[C@@H]3C[C@@H](O)[C@]4(OC(=O)c5cccc(Cl)c5)[C@@H](C[C@H](O)[C@@H](O)C4(C)C)[C@]3(C)C(=O)C[C@]12C. The zero-order chi connectivity index (χ0) is 38.5. The Labute approximate surface area is 305 Å². The number of benzene rings is 1. The van der Waals surface area contributed by atoms with Gasteiger partial charge in [0.1, 0.15) is 22.6 Å². The lowest BCUT2D eigenvalue weighted by molar-refractivity contribution is -0.312. The summed E-state index contributed by atoms with van der Waals surface area (Å²) in [5, 5.41) is 59.2. The number of esters is 2. The molecule has 0 unspecified atom stereocenters. The van der Waals surface area contributed by atoms with Gasteiger partial charge in [0, 0.05) is 47.5 Å². The summed E-state index contributed by atoms with van der Waals surface area (Å²) in [6.45, 7) is 14.7. The largest absolute Gasteiger partial charge is 0.460 e. The molecule has 0 amide bonds. The van der Waals surface area contributed by atoms with Gasteiger partial charge in [-0.15, -0.1) is 0 Å². The Bertz CT molecular complexity index is 1600. The third kappa shape index (κ3) is 5.71. The minimum Gasteiger partial charge on any atom is -0.460 e. The fourth-order valence-corrected chi connectivity index (χ4v) is 11.8. The van der Waals surface area contributed by atoms with E-state index in [0.717, 1.165) is 0 Å². The maximum absolute atomic E-state index is 15.0. The number of Topliss-reactive ketones (excluding diaryl/α,β-unsaturated/α-hetero) is 2. The zero-order valence-electron chi connectivity index (χ0n) is 31.2. The third-order valence-corrected chi connectivity index (χ3v) is 14.5. The van der Waals surface area contributed by atoms with Gasteiger partial charge in [0.05, 0.1) is 30.0 Å². The van der Waals surface area contributed by atoms with Gasteiger partial charge in [-0.2, -0.15) is 0 Å². The molecule has 5 N–H and O–H groups in total. The van der Waals surface area contributed by atoms with Gasteiger partial charge in [0.2, 0.25) is 0 Å². The van der Waals surface area contributed by atoms with Crippen LogP contribution in [-0.4, -0.2) is 90.3 Å². The molecule has 5 rings (SSSR count). The first-order valence-electron chi connectivity index (χ1n) is 17.9. The molecule has 0 aliphatic heterocycles. The highest BCUT2D eigenvalue weighted by molar-refractivity contribution is 6.30. The summed E-state index contributed by atoms with van der Waals surface area (Å²) in [6, 6.07) is 6.13. The number of ether oxygens (including phenoxy) is 2. The second-order valence-electron chi connectivity index (χ2n) is 17.9. The van der Waals surface area contributed by atoms with Gasteiger partial charge in [-0.3, -0.25) is 14.4 Å². The number of halogens is 1. The van der Waals surface area contributed by atoms with Crippen LogP contribution in [-0.2, 0) is 23.9 Å². The number of aliphatic hydroxyl groups excluding tert-OH is 4. The first kappa shape index (κ1) is 39.8. The van der Waals surface area contributed by atoms with Gasteiger partial charge in [-0.05, 0) is 81.4 Å². The number of carbonyl (C=O) groups excluding carboxylic acids is 4. The number of fused-ring (bicyclic) bond motifs is 5. The van der Waals surface area contributed by atoms with Crippen molar-refractivity contribution in [1.82, 2.24) is 0 Å². The molecule has 0 spiro atoms. The first-order chi connectivity index (χ1) is 23.2. The molecule has 284 valence electrons. The van der Waals surface area contributed by atoms with E-state index in [1.165, 1.54) is 26.0 Å². The Morgan fingerprint density at radius 2 is 1.57 bits per heavy atom. The summed E-state index contributed by atoms with van der Waals surface area (Å²) < 4.78 is 11.7. The lowest BCUT2D eigenvalue weighted by Gasteiger charge is -2.71. The van der Waals surface area contributed by atoms with Crippen LogP contribution in [0.2, 0.25) is 5.02 Å². The van der Waals surface area contributed by atoms with Crippen LogP contribution in [0, 0.1) is 39.4 Å². The molecule has 51 heavy (non-hydrogen) atoms. The van der Waals surface area contributed by atoms with Crippen LogP contribution in [0.1, 0.15) is 111 Å². The van der Waals surface area contributed by atoms with E-state index in [1.54, 1.807) is 46.8 Å². The van der Waals surface area contributed by atoms with E-state index in [1.807, 2.05) is 13.8 Å². The fourth-order valence-electron chi connectivity index (χ4n) is 11.6. The molecule has 0 bridgehead atoms. The molecule has 1 aromatic rings. The van der Waals surface area contributed by atoms with Crippen LogP contribution in [0.5, 0.6) is 0 Å². The molecule has 4 aliphatic rings. The van der Waals surface area contributed by atoms with Crippen molar-refractivity contribution in [1.29, 1.82) is 0 Å². The molecule has 1 aromatic carbocycles. The summed E-state index contributed by atoms with van der Waals surface area (Å²) >= 11 is 6.19. The summed E-state index contributed by atoms with van der Waals surface area (Å²) in [5.74, 6) is -4.81. The average Bonchev–Trinajstić information content (AvgIpc) is 3.21. The Morgan fingerprint density at radius 3 is 2.16 bits per heavy atom. The molecule has 11 nitrogen and oxygen atoms in total. The first-order valence-corrected chi connectivity index (χ1v) is 18.3. The Hall–Kier alpha value is -2.41. The Morgan fingerprint density at radius 1 is 0.941 bits per heavy atom. The average molecular weight is 735 g/mol. The highest BCUT2D eigenvalue weighted by Gasteiger charge is 2.80. The lowest BCUT2D eigenvalue weighted by atomic mass is 9.35. The number of hydrogen-bond acceptors (Lipinski definition) is 11. The van der Waals surface area contributed by atoms with Gasteiger partial charge < -0.3 is 35.0 Å². The summed E-state index contributed by atoms with van der Waals surface area (Å²) in [5.41, 5.74) is -9.59. The second kappa shape index (κ2) is 12.6. The van der Waals surface area contributed by atoms with E-state index in [4.69, 9.17) is 21.1 Å². The second-order valence-corrected chi connectivity index (χ2v) is 18.3. The van der Waals surface area contributed by atoms with Crippen LogP contribution < -0.4 is 0 Å². The minimum atomic E-state index is -2.07. The lowest BCUT2D eigenvalue weighted by Crippen LogP contribution is -2.79. The van der Waals surface area contributed by atoms with Crippen molar-refractivity contribution in [2.24, 2.45) is 39.4 Å². The van der Waals surface area contributed by atoms with E-state index in [0.29, 0.717) is 5.02 Å². The molecular formula is C39H55ClO11. The van der Waals surface area contributed by atoms with Gasteiger partial charge in [-0.1, -0.05) is 52.3 Å². The van der Waals surface area contributed by atoms with Crippen molar-refractivity contribution in [3.05, 3.63) is 34.9 Å². The fraction of sp³-hybridized carbons (Fsp3) is 0.744. The molecule has 12 heteroatoms. The number of carbonyl (C=O) groups is 4. The molecule has 0 saturated heterocycles. The number of aliphatic hydroxyl groups is 5. The van der Waals surface area contributed by atoms with Gasteiger partial charge >= 0.3 is 11.9 Å². The maximum Gasteiger partial charge on any atom is 0.338 e. The topological polar surface area (TPSA) is 188 Å². The summed E-state index contributed by atoms with van der Waals surface area (Å²) in [4.78, 5) is 54.2. The summed E-state index contributed by atoms with van der Waals surface area (Å²) in [7, 11) is 0. The van der Waals surface area contributed by atoms with Gasteiger partial charge in [0.15, 0.2) is 5.78 Å².